The number of halogens is 2. The first-order chi connectivity index (χ1) is 9.90. The predicted octanol–water partition coefficient (Wildman–Crippen LogP) is 3.09. The molecule has 108 valence electrons. The van der Waals surface area contributed by atoms with Crippen LogP contribution in [0.4, 0.5) is 10.1 Å². The fraction of sp³-hybridized carbons (Fsp3) is 0.0667. The van der Waals surface area contributed by atoms with Crippen molar-refractivity contribution in [1.29, 1.82) is 0 Å². The van der Waals surface area contributed by atoms with Crippen LogP contribution in [0.1, 0.15) is 26.3 Å². The van der Waals surface area contributed by atoms with E-state index < -0.39 is 11.7 Å². The van der Waals surface area contributed by atoms with Crippen LogP contribution in [0.2, 0.25) is 0 Å². The number of nitrogens with one attached hydrogen (secondary N) is 1. The monoisotopic (exact) mass is 398 g/mol. The maximum atomic E-state index is 13.8. The van der Waals surface area contributed by atoms with Crippen molar-refractivity contribution in [3.05, 3.63) is 62.5 Å². The molecule has 0 bridgehead atoms. The van der Waals surface area contributed by atoms with Gasteiger partial charge in [0.15, 0.2) is 0 Å². The summed E-state index contributed by atoms with van der Waals surface area (Å²) in [4.78, 5) is 23.4. The zero-order valence-electron chi connectivity index (χ0n) is 11.1. The Balaban J connectivity index is 2.38. The van der Waals surface area contributed by atoms with Crippen LogP contribution in [0.25, 0.3) is 0 Å². The molecule has 3 N–H and O–H groups in total. The van der Waals surface area contributed by atoms with Gasteiger partial charge in [-0.2, -0.15) is 0 Å². The number of primary amides is 1. The van der Waals surface area contributed by atoms with E-state index in [-0.39, 0.29) is 22.7 Å². The Bertz CT molecular complexity index is 732. The van der Waals surface area contributed by atoms with Crippen LogP contribution in [-0.2, 0) is 0 Å². The van der Waals surface area contributed by atoms with E-state index in [1.54, 1.807) is 18.2 Å². The number of amides is 2. The zero-order chi connectivity index (χ0) is 15.6. The summed E-state index contributed by atoms with van der Waals surface area (Å²) in [7, 11) is 0. The molecule has 0 aliphatic rings. The van der Waals surface area contributed by atoms with Crippen LogP contribution in [0.5, 0.6) is 0 Å². The molecule has 4 nitrogen and oxygen atoms in total. The third kappa shape index (κ3) is 3.38. The quantitative estimate of drug-likeness (QED) is 0.781. The fourth-order valence-corrected chi connectivity index (χ4v) is 2.42. The lowest BCUT2D eigenvalue weighted by atomic mass is 10.1. The van der Waals surface area contributed by atoms with E-state index in [1.165, 1.54) is 13.0 Å². The number of carbonyl (C=O) groups is 2. The van der Waals surface area contributed by atoms with E-state index >= 15 is 0 Å². The van der Waals surface area contributed by atoms with E-state index in [1.807, 2.05) is 28.7 Å². The van der Waals surface area contributed by atoms with Crippen LogP contribution in [0.3, 0.4) is 0 Å². The molecule has 2 aromatic rings. The van der Waals surface area contributed by atoms with Gasteiger partial charge in [0.1, 0.15) is 5.82 Å². The molecule has 2 aromatic carbocycles. The summed E-state index contributed by atoms with van der Waals surface area (Å²) in [6.45, 7) is 1.52. The summed E-state index contributed by atoms with van der Waals surface area (Å²) in [5.41, 5.74) is 6.11. The summed E-state index contributed by atoms with van der Waals surface area (Å²) >= 11 is 2.04. The number of rotatable bonds is 3. The van der Waals surface area contributed by atoms with Crippen molar-refractivity contribution in [1.82, 2.24) is 0 Å². The summed E-state index contributed by atoms with van der Waals surface area (Å²) in [6.07, 6.45) is 0. The molecule has 0 fully saturated rings. The molecular weight excluding hydrogens is 386 g/mol. The molecule has 0 spiro atoms. The number of nitrogens with two attached hydrogens (primary N) is 1. The van der Waals surface area contributed by atoms with Gasteiger partial charge in [0, 0.05) is 20.4 Å². The van der Waals surface area contributed by atoms with Crippen LogP contribution in [-0.4, -0.2) is 11.8 Å². The molecule has 0 aromatic heterocycles. The van der Waals surface area contributed by atoms with Gasteiger partial charge >= 0.3 is 0 Å². The standard InChI is InChI=1S/C15H12FIN2O2/c1-8-11(16)6-9(14(18)20)7-13(8)19-15(21)10-4-2-3-5-12(10)17/h2-7H,1H3,(H2,18,20)(H,19,21). The number of hydrogen-bond donors (Lipinski definition) is 2. The third-order valence-electron chi connectivity index (χ3n) is 3.00. The van der Waals surface area contributed by atoms with Crippen molar-refractivity contribution >= 4 is 40.1 Å². The van der Waals surface area contributed by atoms with Gasteiger partial charge in [0.05, 0.1) is 5.56 Å². The number of anilines is 1. The highest BCUT2D eigenvalue weighted by Gasteiger charge is 2.15. The van der Waals surface area contributed by atoms with Crippen molar-refractivity contribution < 1.29 is 14.0 Å². The van der Waals surface area contributed by atoms with Gasteiger partial charge in [-0.1, -0.05) is 12.1 Å². The summed E-state index contributed by atoms with van der Waals surface area (Å²) in [5, 5.41) is 2.61. The van der Waals surface area contributed by atoms with Crippen molar-refractivity contribution in [2.45, 2.75) is 6.92 Å². The molecular formula is C15H12FIN2O2. The average Bonchev–Trinajstić information content (AvgIpc) is 2.43. The highest BCUT2D eigenvalue weighted by atomic mass is 127. The van der Waals surface area contributed by atoms with E-state index in [4.69, 9.17) is 5.73 Å². The van der Waals surface area contributed by atoms with Crippen LogP contribution < -0.4 is 11.1 Å². The molecule has 0 aliphatic carbocycles. The maximum absolute atomic E-state index is 13.8. The molecule has 2 rings (SSSR count). The first kappa shape index (κ1) is 15.4. The smallest absolute Gasteiger partial charge is 0.256 e. The lowest BCUT2D eigenvalue weighted by Crippen LogP contribution is -2.17. The number of hydrogen-bond acceptors (Lipinski definition) is 2. The van der Waals surface area contributed by atoms with Crippen LogP contribution >= 0.6 is 22.6 Å². The van der Waals surface area contributed by atoms with Gasteiger partial charge in [0.2, 0.25) is 5.91 Å². The van der Waals surface area contributed by atoms with E-state index in [0.29, 0.717) is 5.56 Å². The van der Waals surface area contributed by atoms with Crippen molar-refractivity contribution in [2.75, 3.05) is 5.32 Å². The predicted molar refractivity (Wildman–Crippen MR) is 86.8 cm³/mol. The molecule has 21 heavy (non-hydrogen) atoms. The highest BCUT2D eigenvalue weighted by molar-refractivity contribution is 14.1. The third-order valence-corrected chi connectivity index (χ3v) is 3.94. The van der Waals surface area contributed by atoms with Crippen molar-refractivity contribution in [2.24, 2.45) is 5.73 Å². The van der Waals surface area contributed by atoms with Crippen molar-refractivity contribution in [3.8, 4) is 0 Å². The van der Waals surface area contributed by atoms with E-state index in [0.717, 1.165) is 9.64 Å². The lowest BCUT2D eigenvalue weighted by molar-refractivity contribution is 0.0995. The first-order valence-corrected chi connectivity index (χ1v) is 7.14. The largest absolute Gasteiger partial charge is 0.366 e. The summed E-state index contributed by atoms with van der Waals surface area (Å²) in [6, 6.07) is 9.44. The number of carbonyl (C=O) groups excluding carboxylic acids is 2. The van der Waals surface area contributed by atoms with Gasteiger partial charge in [0.25, 0.3) is 5.91 Å². The minimum atomic E-state index is -0.751. The van der Waals surface area contributed by atoms with E-state index in [2.05, 4.69) is 5.32 Å². The van der Waals surface area contributed by atoms with Crippen LogP contribution in [0, 0.1) is 16.3 Å². The molecule has 0 aliphatic heterocycles. The average molecular weight is 398 g/mol. The van der Waals surface area contributed by atoms with Gasteiger partial charge in [-0.05, 0) is 53.8 Å². The molecule has 0 saturated carbocycles. The Labute approximate surface area is 134 Å². The second kappa shape index (κ2) is 6.21. The first-order valence-electron chi connectivity index (χ1n) is 6.06. The molecule has 0 atom stereocenters. The zero-order valence-corrected chi connectivity index (χ0v) is 13.3. The Morgan fingerprint density at radius 1 is 1.24 bits per heavy atom. The SMILES string of the molecule is Cc1c(F)cc(C(N)=O)cc1NC(=O)c1ccccc1I. The Morgan fingerprint density at radius 3 is 2.52 bits per heavy atom. The minimum absolute atomic E-state index is 0.0103. The molecule has 0 saturated heterocycles. The summed E-state index contributed by atoms with van der Waals surface area (Å²) < 4.78 is 14.5. The molecule has 0 radical (unpaired) electrons. The van der Waals surface area contributed by atoms with Crippen molar-refractivity contribution in [3.63, 3.8) is 0 Å². The van der Waals surface area contributed by atoms with Gasteiger partial charge < -0.3 is 11.1 Å². The molecule has 2 amide bonds. The second-order valence-electron chi connectivity index (χ2n) is 4.43. The minimum Gasteiger partial charge on any atom is -0.366 e. The van der Waals surface area contributed by atoms with Gasteiger partial charge in [-0.3, -0.25) is 9.59 Å². The Hall–Kier alpha value is -1.96. The lowest BCUT2D eigenvalue weighted by Gasteiger charge is -2.11. The van der Waals surface area contributed by atoms with Gasteiger partial charge in [-0.15, -0.1) is 0 Å². The second-order valence-corrected chi connectivity index (χ2v) is 5.59. The van der Waals surface area contributed by atoms with Gasteiger partial charge in [-0.25, -0.2) is 4.39 Å². The normalized spacial score (nSPS) is 10.2. The molecule has 0 unspecified atom stereocenters. The highest BCUT2D eigenvalue weighted by Crippen LogP contribution is 2.22. The fourth-order valence-electron chi connectivity index (χ4n) is 1.79. The number of benzene rings is 2. The Kier molecular flexibility index (Phi) is 4.56. The van der Waals surface area contributed by atoms with Crippen LogP contribution in [0.15, 0.2) is 36.4 Å². The van der Waals surface area contributed by atoms with E-state index in [9.17, 15) is 14.0 Å². The summed E-state index contributed by atoms with van der Waals surface area (Å²) in [5.74, 6) is -1.72. The molecule has 0 heterocycles. The maximum Gasteiger partial charge on any atom is 0.256 e. The molecule has 6 heteroatoms. The topological polar surface area (TPSA) is 72.2 Å². The Morgan fingerprint density at radius 2 is 1.90 bits per heavy atom.